The molecule has 1 fully saturated rings. The highest BCUT2D eigenvalue weighted by Crippen LogP contribution is 2.38. The third kappa shape index (κ3) is 2.28. The zero-order valence-corrected chi connectivity index (χ0v) is 10.2. The van der Waals surface area contributed by atoms with Gasteiger partial charge in [-0.2, -0.15) is 0 Å². The molecule has 0 unspecified atom stereocenters. The van der Waals surface area contributed by atoms with Crippen LogP contribution in [0.5, 0.6) is 0 Å². The molecule has 102 valence electrons. The minimum absolute atomic E-state index is 0.117. The van der Waals surface area contributed by atoms with Gasteiger partial charge in [0.25, 0.3) is 0 Å². The Labute approximate surface area is 108 Å². The molecule has 0 bridgehead atoms. The molecule has 1 aliphatic heterocycles. The quantitative estimate of drug-likeness (QED) is 0.728. The van der Waals surface area contributed by atoms with Crippen molar-refractivity contribution in [3.05, 3.63) is 41.2 Å². The molecule has 1 heterocycles. The van der Waals surface area contributed by atoms with Gasteiger partial charge in [-0.1, -0.05) is 6.08 Å². The molecule has 2 aliphatic rings. The SMILES string of the molecule is Fc1cc(F)c(C2=CCC3(CC2)OCCO3)cc1F. The Morgan fingerprint density at radius 1 is 0.947 bits per heavy atom. The van der Waals surface area contributed by atoms with Crippen molar-refractivity contribution < 1.29 is 22.6 Å². The van der Waals surface area contributed by atoms with E-state index in [1.54, 1.807) is 6.08 Å². The average Bonchev–Trinajstić information content (AvgIpc) is 2.84. The number of hydrogen-bond acceptors (Lipinski definition) is 2. The van der Waals surface area contributed by atoms with Crippen molar-refractivity contribution in [3.63, 3.8) is 0 Å². The maximum atomic E-state index is 13.7. The summed E-state index contributed by atoms with van der Waals surface area (Å²) < 4.78 is 50.8. The van der Waals surface area contributed by atoms with Crippen LogP contribution in [0.4, 0.5) is 13.2 Å². The van der Waals surface area contributed by atoms with E-state index in [9.17, 15) is 13.2 Å². The van der Waals surface area contributed by atoms with Crippen molar-refractivity contribution in [1.29, 1.82) is 0 Å². The van der Waals surface area contributed by atoms with Gasteiger partial charge in [0.05, 0.1) is 13.2 Å². The van der Waals surface area contributed by atoms with E-state index < -0.39 is 23.2 Å². The van der Waals surface area contributed by atoms with E-state index in [0.29, 0.717) is 44.1 Å². The summed E-state index contributed by atoms with van der Waals surface area (Å²) in [7, 11) is 0. The maximum absolute atomic E-state index is 13.7. The molecule has 0 atom stereocenters. The molecular formula is C14H13F3O2. The molecule has 0 N–H and O–H groups in total. The molecule has 0 radical (unpaired) electrons. The monoisotopic (exact) mass is 270 g/mol. The molecule has 1 saturated heterocycles. The van der Waals surface area contributed by atoms with Crippen molar-refractivity contribution in [2.24, 2.45) is 0 Å². The summed E-state index contributed by atoms with van der Waals surface area (Å²) in [6.07, 6.45) is 3.39. The molecular weight excluding hydrogens is 257 g/mol. The molecule has 0 aromatic heterocycles. The second kappa shape index (κ2) is 4.65. The minimum atomic E-state index is -1.17. The largest absolute Gasteiger partial charge is 0.347 e. The van der Waals surface area contributed by atoms with Gasteiger partial charge in [0, 0.05) is 24.5 Å². The number of rotatable bonds is 1. The molecule has 3 rings (SSSR count). The number of hydrogen-bond donors (Lipinski definition) is 0. The molecule has 19 heavy (non-hydrogen) atoms. The fraction of sp³-hybridized carbons (Fsp3) is 0.429. The number of benzene rings is 1. The first-order valence-electron chi connectivity index (χ1n) is 6.21. The van der Waals surface area contributed by atoms with Crippen LogP contribution in [0.1, 0.15) is 24.8 Å². The second-order valence-corrected chi connectivity index (χ2v) is 4.79. The Morgan fingerprint density at radius 2 is 1.63 bits per heavy atom. The van der Waals surface area contributed by atoms with E-state index in [0.717, 1.165) is 6.07 Å². The lowest BCUT2D eigenvalue weighted by Gasteiger charge is -2.30. The Kier molecular flexibility index (Phi) is 3.11. The van der Waals surface area contributed by atoms with Gasteiger partial charge in [-0.25, -0.2) is 13.2 Å². The van der Waals surface area contributed by atoms with Crippen molar-refractivity contribution in [3.8, 4) is 0 Å². The normalized spacial score (nSPS) is 21.7. The van der Waals surface area contributed by atoms with Crippen LogP contribution in [0.3, 0.4) is 0 Å². The minimum Gasteiger partial charge on any atom is -0.347 e. The Morgan fingerprint density at radius 3 is 2.26 bits per heavy atom. The topological polar surface area (TPSA) is 18.5 Å². The van der Waals surface area contributed by atoms with Crippen molar-refractivity contribution in [2.75, 3.05) is 13.2 Å². The summed E-state index contributed by atoms with van der Waals surface area (Å²) >= 11 is 0. The summed E-state index contributed by atoms with van der Waals surface area (Å²) in [6.45, 7) is 1.12. The predicted molar refractivity (Wildman–Crippen MR) is 62.8 cm³/mol. The van der Waals surface area contributed by atoms with Gasteiger partial charge in [-0.05, 0) is 18.1 Å². The summed E-state index contributed by atoms with van der Waals surface area (Å²) in [5.74, 6) is -3.55. The molecule has 1 aliphatic carbocycles. The highest BCUT2D eigenvalue weighted by Gasteiger charge is 2.38. The van der Waals surface area contributed by atoms with Crippen LogP contribution in [-0.4, -0.2) is 19.0 Å². The van der Waals surface area contributed by atoms with Crippen molar-refractivity contribution in [1.82, 2.24) is 0 Å². The number of halogens is 3. The van der Waals surface area contributed by atoms with Gasteiger partial charge >= 0.3 is 0 Å². The summed E-state index contributed by atoms with van der Waals surface area (Å²) in [5, 5.41) is 0. The van der Waals surface area contributed by atoms with Crippen LogP contribution in [0, 0.1) is 17.5 Å². The first-order valence-corrected chi connectivity index (χ1v) is 6.21. The van der Waals surface area contributed by atoms with Gasteiger partial charge in [-0.3, -0.25) is 0 Å². The van der Waals surface area contributed by atoms with E-state index in [4.69, 9.17) is 9.47 Å². The van der Waals surface area contributed by atoms with Crippen molar-refractivity contribution in [2.45, 2.75) is 25.0 Å². The average molecular weight is 270 g/mol. The summed E-state index contributed by atoms with van der Waals surface area (Å²) in [5.41, 5.74) is 0.785. The zero-order valence-electron chi connectivity index (χ0n) is 10.2. The van der Waals surface area contributed by atoms with Gasteiger partial charge in [0.15, 0.2) is 17.4 Å². The van der Waals surface area contributed by atoms with Crippen LogP contribution in [-0.2, 0) is 9.47 Å². The lowest BCUT2D eigenvalue weighted by atomic mass is 9.89. The van der Waals surface area contributed by atoms with E-state index in [1.165, 1.54) is 0 Å². The molecule has 0 amide bonds. The van der Waals surface area contributed by atoms with E-state index >= 15 is 0 Å². The van der Waals surface area contributed by atoms with Crippen LogP contribution in [0.25, 0.3) is 5.57 Å². The molecule has 5 heteroatoms. The number of ether oxygens (including phenoxy) is 2. The van der Waals surface area contributed by atoms with Gasteiger partial charge < -0.3 is 9.47 Å². The van der Waals surface area contributed by atoms with Gasteiger partial charge in [0.1, 0.15) is 5.82 Å². The lowest BCUT2D eigenvalue weighted by Crippen LogP contribution is -2.31. The van der Waals surface area contributed by atoms with Crippen LogP contribution in [0.15, 0.2) is 18.2 Å². The lowest BCUT2D eigenvalue weighted by molar-refractivity contribution is -0.159. The third-order valence-electron chi connectivity index (χ3n) is 3.60. The molecule has 1 aromatic carbocycles. The molecule has 1 aromatic rings. The predicted octanol–water partition coefficient (Wildman–Crippen LogP) is 3.41. The second-order valence-electron chi connectivity index (χ2n) is 4.79. The summed E-state index contributed by atoms with van der Waals surface area (Å²) in [6, 6.07) is 1.49. The van der Waals surface area contributed by atoms with Crippen LogP contribution < -0.4 is 0 Å². The van der Waals surface area contributed by atoms with Gasteiger partial charge in [-0.15, -0.1) is 0 Å². The van der Waals surface area contributed by atoms with Crippen LogP contribution >= 0.6 is 0 Å². The Hall–Kier alpha value is -1.33. The van der Waals surface area contributed by atoms with E-state index in [2.05, 4.69) is 0 Å². The first-order chi connectivity index (χ1) is 9.10. The first kappa shape index (κ1) is 12.7. The fourth-order valence-electron chi connectivity index (χ4n) is 2.58. The van der Waals surface area contributed by atoms with Crippen molar-refractivity contribution >= 4 is 5.57 Å². The highest BCUT2D eigenvalue weighted by atomic mass is 19.2. The third-order valence-corrected chi connectivity index (χ3v) is 3.60. The molecule has 0 saturated carbocycles. The maximum Gasteiger partial charge on any atom is 0.172 e. The summed E-state index contributed by atoms with van der Waals surface area (Å²) in [4.78, 5) is 0. The fourth-order valence-corrected chi connectivity index (χ4v) is 2.58. The Balaban J connectivity index is 1.88. The Bertz CT molecular complexity index is 534. The molecule has 1 spiro atoms. The highest BCUT2D eigenvalue weighted by molar-refractivity contribution is 5.67. The zero-order chi connectivity index (χ0) is 13.5. The van der Waals surface area contributed by atoms with Gasteiger partial charge in [0.2, 0.25) is 0 Å². The van der Waals surface area contributed by atoms with E-state index in [1.807, 2.05) is 0 Å². The molecule has 2 nitrogen and oxygen atoms in total. The standard InChI is InChI=1S/C14H13F3O2/c15-11-8-13(17)12(16)7-10(11)9-1-3-14(4-2-9)18-5-6-19-14/h1,7-8H,2-6H2. The number of allylic oxidation sites excluding steroid dienone is 1. The van der Waals surface area contributed by atoms with E-state index in [-0.39, 0.29) is 5.56 Å². The van der Waals surface area contributed by atoms with Crippen LogP contribution in [0.2, 0.25) is 0 Å². The smallest absolute Gasteiger partial charge is 0.172 e.